The van der Waals surface area contributed by atoms with Gasteiger partial charge in [0, 0.05) is 38.0 Å². The summed E-state index contributed by atoms with van der Waals surface area (Å²) in [6.07, 6.45) is 3.56. The van der Waals surface area contributed by atoms with Crippen LogP contribution >= 0.6 is 0 Å². The maximum Gasteiger partial charge on any atom is 0.239 e. The molecule has 7 heteroatoms. The number of Topliss-reactive ketones (excluding diaryl/α,β-unsaturated/α-hetero) is 1. The fourth-order valence-corrected chi connectivity index (χ4v) is 4.62. The Morgan fingerprint density at radius 3 is 2.81 bits per heavy atom. The molecule has 0 radical (unpaired) electrons. The van der Waals surface area contributed by atoms with Gasteiger partial charge >= 0.3 is 0 Å². The number of rotatable bonds is 7. The predicted molar refractivity (Wildman–Crippen MR) is 123 cm³/mol. The molecule has 0 unspecified atom stereocenters. The van der Waals surface area contributed by atoms with E-state index in [1.807, 2.05) is 41.3 Å². The number of nitrogens with one attached hydrogen (secondary N) is 2. The Bertz CT molecular complexity index is 1010. The zero-order valence-corrected chi connectivity index (χ0v) is 18.9. The number of hydrogen-bond acceptors (Lipinski definition) is 6. The number of methoxy groups -OCH3 is 1. The van der Waals surface area contributed by atoms with Gasteiger partial charge in [-0.1, -0.05) is 26.0 Å². The molecule has 4 rings (SSSR count). The van der Waals surface area contributed by atoms with Gasteiger partial charge in [0.15, 0.2) is 5.78 Å². The number of amides is 1. The molecule has 0 bridgehead atoms. The number of benzene rings is 1. The van der Waals surface area contributed by atoms with Crippen molar-refractivity contribution >= 4 is 23.1 Å². The summed E-state index contributed by atoms with van der Waals surface area (Å²) >= 11 is 0. The van der Waals surface area contributed by atoms with E-state index < -0.39 is 6.04 Å². The molecule has 2 aliphatic rings. The molecule has 1 amide bonds. The van der Waals surface area contributed by atoms with Crippen molar-refractivity contribution < 1.29 is 18.7 Å². The minimum absolute atomic E-state index is 0.0865. The molecule has 2 aromatic rings. The van der Waals surface area contributed by atoms with Crippen LogP contribution in [0.4, 0.5) is 11.4 Å². The highest BCUT2D eigenvalue weighted by molar-refractivity contribution is 6.01. The summed E-state index contributed by atoms with van der Waals surface area (Å²) in [5.74, 6) is 0.625. The van der Waals surface area contributed by atoms with Crippen LogP contribution in [0.1, 0.15) is 44.9 Å². The van der Waals surface area contributed by atoms with Crippen LogP contribution in [-0.2, 0) is 14.3 Å². The highest BCUT2D eigenvalue weighted by Crippen LogP contribution is 2.48. The summed E-state index contributed by atoms with van der Waals surface area (Å²) in [5, 5.41) is 6.50. The summed E-state index contributed by atoms with van der Waals surface area (Å²) in [7, 11) is 1.64. The zero-order valence-electron chi connectivity index (χ0n) is 18.9. The number of hydrogen-bond donors (Lipinski definition) is 2. The Balaban J connectivity index is 1.76. The first-order chi connectivity index (χ1) is 15.4. The predicted octanol–water partition coefficient (Wildman–Crippen LogP) is 4.05. The van der Waals surface area contributed by atoms with Crippen molar-refractivity contribution in [2.45, 2.75) is 39.2 Å². The number of carbonyl (C=O) groups is 2. The average molecular weight is 438 g/mol. The van der Waals surface area contributed by atoms with Gasteiger partial charge in [0.1, 0.15) is 11.8 Å². The standard InChI is InChI=1S/C25H31N3O4/c1-25(2)14-18-23(20(29)15-25)24(21-10-6-13-32-21)28(16-22(30)26-11-7-12-31-3)19-9-5-4-8-17(19)27-18/h4-6,8-10,13,24,27H,7,11-12,14-16H2,1-3H3,(H,26,30)/t24-/m1/s1. The summed E-state index contributed by atoms with van der Waals surface area (Å²) in [4.78, 5) is 28.3. The van der Waals surface area contributed by atoms with Crippen LogP contribution in [0.15, 0.2) is 58.3 Å². The lowest BCUT2D eigenvalue weighted by Gasteiger charge is -2.36. The molecule has 1 aliphatic carbocycles. The van der Waals surface area contributed by atoms with Crippen LogP contribution in [-0.4, -0.2) is 38.5 Å². The first kappa shape index (κ1) is 22.1. The van der Waals surface area contributed by atoms with Crippen LogP contribution in [0.5, 0.6) is 0 Å². The van der Waals surface area contributed by atoms with E-state index in [0.717, 1.165) is 29.9 Å². The molecule has 1 atom stereocenters. The van der Waals surface area contributed by atoms with E-state index in [1.165, 1.54) is 0 Å². The molecule has 0 saturated carbocycles. The maximum atomic E-state index is 13.4. The van der Waals surface area contributed by atoms with Crippen molar-refractivity contribution in [3.05, 3.63) is 59.7 Å². The Morgan fingerprint density at radius 1 is 1.25 bits per heavy atom. The van der Waals surface area contributed by atoms with Crippen molar-refractivity contribution in [1.82, 2.24) is 5.32 Å². The molecule has 7 nitrogen and oxygen atoms in total. The van der Waals surface area contributed by atoms with E-state index in [2.05, 4.69) is 24.5 Å². The number of ketones is 1. The molecule has 0 spiro atoms. The second-order valence-electron chi connectivity index (χ2n) is 9.22. The van der Waals surface area contributed by atoms with Gasteiger partial charge in [0.25, 0.3) is 0 Å². The van der Waals surface area contributed by atoms with E-state index in [9.17, 15) is 9.59 Å². The quantitative estimate of drug-likeness (QED) is 0.636. The Labute approximate surface area is 188 Å². The van der Waals surface area contributed by atoms with Gasteiger partial charge in [-0.25, -0.2) is 0 Å². The van der Waals surface area contributed by atoms with Crippen molar-refractivity contribution in [2.24, 2.45) is 5.41 Å². The number of para-hydroxylation sites is 2. The summed E-state index contributed by atoms with van der Waals surface area (Å²) < 4.78 is 10.9. The Hall–Kier alpha value is -3.06. The van der Waals surface area contributed by atoms with E-state index in [-0.39, 0.29) is 23.7 Å². The topological polar surface area (TPSA) is 83.8 Å². The van der Waals surface area contributed by atoms with Crippen LogP contribution in [0, 0.1) is 5.41 Å². The fourth-order valence-electron chi connectivity index (χ4n) is 4.62. The third kappa shape index (κ3) is 4.58. The van der Waals surface area contributed by atoms with Gasteiger partial charge in [-0.05, 0) is 42.5 Å². The maximum absolute atomic E-state index is 13.4. The lowest BCUT2D eigenvalue weighted by Crippen LogP contribution is -2.42. The zero-order chi connectivity index (χ0) is 22.7. The number of fused-ring (bicyclic) bond motifs is 1. The first-order valence-electron chi connectivity index (χ1n) is 11.1. The number of anilines is 2. The number of carbonyl (C=O) groups excluding carboxylic acids is 2. The lowest BCUT2D eigenvalue weighted by molar-refractivity contribution is -0.120. The monoisotopic (exact) mass is 437 g/mol. The summed E-state index contributed by atoms with van der Waals surface area (Å²) in [5.41, 5.74) is 3.19. The van der Waals surface area contributed by atoms with Crippen LogP contribution < -0.4 is 15.5 Å². The molecular weight excluding hydrogens is 406 g/mol. The second-order valence-corrected chi connectivity index (χ2v) is 9.22. The molecule has 1 aliphatic heterocycles. The average Bonchev–Trinajstić information content (AvgIpc) is 3.22. The van der Waals surface area contributed by atoms with Crippen molar-refractivity contribution in [3.63, 3.8) is 0 Å². The van der Waals surface area contributed by atoms with Crippen molar-refractivity contribution in [1.29, 1.82) is 0 Å². The number of allylic oxidation sites excluding steroid dienone is 1. The number of nitrogens with zero attached hydrogens (tertiary/aromatic N) is 1. The van der Waals surface area contributed by atoms with Crippen LogP contribution in [0.3, 0.4) is 0 Å². The van der Waals surface area contributed by atoms with Gasteiger partial charge in [0.2, 0.25) is 5.91 Å². The van der Waals surface area contributed by atoms with Crippen LogP contribution in [0.25, 0.3) is 0 Å². The van der Waals surface area contributed by atoms with E-state index in [1.54, 1.807) is 13.4 Å². The molecule has 32 heavy (non-hydrogen) atoms. The Kier molecular flexibility index (Phi) is 6.37. The third-order valence-electron chi connectivity index (χ3n) is 5.98. The SMILES string of the molecule is COCCCNC(=O)CN1c2ccccc2NC2=C(C(=O)CC(C)(C)C2)[C@H]1c1ccco1. The third-order valence-corrected chi connectivity index (χ3v) is 5.98. The lowest BCUT2D eigenvalue weighted by atomic mass is 9.74. The van der Waals surface area contributed by atoms with Gasteiger partial charge < -0.3 is 24.7 Å². The fraction of sp³-hybridized carbons (Fsp3) is 0.440. The highest BCUT2D eigenvalue weighted by atomic mass is 16.5. The summed E-state index contributed by atoms with van der Waals surface area (Å²) in [6, 6.07) is 11.1. The smallest absolute Gasteiger partial charge is 0.239 e. The molecule has 170 valence electrons. The minimum Gasteiger partial charge on any atom is -0.467 e. The highest BCUT2D eigenvalue weighted by Gasteiger charge is 2.42. The number of ether oxygens (including phenoxy) is 1. The molecule has 0 fully saturated rings. The molecule has 2 N–H and O–H groups in total. The first-order valence-corrected chi connectivity index (χ1v) is 11.1. The minimum atomic E-state index is -0.482. The second kappa shape index (κ2) is 9.20. The number of furan rings is 1. The largest absolute Gasteiger partial charge is 0.467 e. The van der Waals surface area contributed by atoms with E-state index in [0.29, 0.717) is 30.9 Å². The van der Waals surface area contributed by atoms with Crippen molar-refractivity contribution in [3.8, 4) is 0 Å². The van der Waals surface area contributed by atoms with E-state index >= 15 is 0 Å². The summed E-state index contributed by atoms with van der Waals surface area (Å²) in [6.45, 7) is 5.45. The Morgan fingerprint density at radius 2 is 2.06 bits per heavy atom. The molecule has 1 aromatic carbocycles. The molecular formula is C25H31N3O4. The van der Waals surface area contributed by atoms with Gasteiger partial charge in [0.05, 0.1) is 24.2 Å². The molecule has 1 aromatic heterocycles. The van der Waals surface area contributed by atoms with E-state index in [4.69, 9.17) is 9.15 Å². The van der Waals surface area contributed by atoms with Gasteiger partial charge in [-0.3, -0.25) is 9.59 Å². The van der Waals surface area contributed by atoms with Crippen LogP contribution in [0.2, 0.25) is 0 Å². The molecule has 2 heterocycles. The molecule has 0 saturated heterocycles. The van der Waals surface area contributed by atoms with Crippen molar-refractivity contribution in [2.75, 3.05) is 37.0 Å². The van der Waals surface area contributed by atoms with Gasteiger partial charge in [-0.15, -0.1) is 0 Å². The van der Waals surface area contributed by atoms with Gasteiger partial charge in [-0.2, -0.15) is 0 Å². The normalized spacial score (nSPS) is 19.7.